The van der Waals surface area contributed by atoms with Crippen molar-refractivity contribution in [2.24, 2.45) is 7.05 Å². The fourth-order valence-corrected chi connectivity index (χ4v) is 1.02. The molecule has 0 amide bonds. The van der Waals surface area contributed by atoms with E-state index in [1.165, 1.54) is 0 Å². The number of aromatic nitrogens is 1. The fourth-order valence-electron chi connectivity index (χ4n) is 0.816. The molecule has 1 aromatic rings. The molecule has 2 nitrogen and oxygen atoms in total. The zero-order valence-corrected chi connectivity index (χ0v) is 6.64. The van der Waals surface area contributed by atoms with Gasteiger partial charge in [-0.3, -0.25) is 4.79 Å². The fraction of sp³-hybridized carbons (Fsp3) is 0.286. The smallest absolute Gasteiger partial charge is 0.254 e. The first-order valence-corrected chi connectivity index (χ1v) is 3.32. The lowest BCUT2D eigenvalue weighted by Crippen LogP contribution is -1.93. The van der Waals surface area contributed by atoms with Gasteiger partial charge >= 0.3 is 0 Å². The minimum absolute atomic E-state index is 0.391. The first kappa shape index (κ1) is 7.35. The second-order valence-electron chi connectivity index (χ2n) is 2.20. The summed E-state index contributed by atoms with van der Waals surface area (Å²) >= 11 is 5.27. The van der Waals surface area contributed by atoms with Gasteiger partial charge in [-0.05, 0) is 24.6 Å². The van der Waals surface area contributed by atoms with Gasteiger partial charge in [-0.2, -0.15) is 0 Å². The molecule has 0 fully saturated rings. The maximum Gasteiger partial charge on any atom is 0.254 e. The molecule has 0 aliphatic rings. The van der Waals surface area contributed by atoms with Gasteiger partial charge in [0.05, 0.1) is 5.56 Å². The van der Waals surface area contributed by atoms with Crippen molar-refractivity contribution in [2.45, 2.75) is 6.92 Å². The van der Waals surface area contributed by atoms with Gasteiger partial charge in [0.25, 0.3) is 5.24 Å². The number of nitrogens with zero attached hydrogens (tertiary/aromatic N) is 1. The van der Waals surface area contributed by atoms with Crippen LogP contribution in [0, 0.1) is 6.92 Å². The normalized spacial score (nSPS) is 9.90. The van der Waals surface area contributed by atoms with E-state index in [9.17, 15) is 4.79 Å². The van der Waals surface area contributed by atoms with Gasteiger partial charge in [0.2, 0.25) is 0 Å². The van der Waals surface area contributed by atoms with Gasteiger partial charge in [-0.1, -0.05) is 0 Å². The number of carbonyl (C=O) groups excluding carboxylic acids is 1. The van der Waals surface area contributed by atoms with E-state index in [2.05, 4.69) is 0 Å². The lowest BCUT2D eigenvalue weighted by Gasteiger charge is -1.94. The van der Waals surface area contributed by atoms with Crippen molar-refractivity contribution in [2.75, 3.05) is 0 Å². The Kier molecular flexibility index (Phi) is 1.81. The van der Waals surface area contributed by atoms with Crippen molar-refractivity contribution in [1.29, 1.82) is 0 Å². The predicted molar refractivity (Wildman–Crippen MR) is 40.3 cm³/mol. The Balaban J connectivity index is 3.17. The largest absolute Gasteiger partial charge is 0.354 e. The van der Waals surface area contributed by atoms with Gasteiger partial charge in [-0.25, -0.2) is 0 Å². The van der Waals surface area contributed by atoms with Crippen molar-refractivity contribution >= 4 is 16.8 Å². The van der Waals surface area contributed by atoms with Crippen LogP contribution in [0.3, 0.4) is 0 Å². The molecular formula is C7H8ClNO. The Morgan fingerprint density at radius 2 is 2.30 bits per heavy atom. The van der Waals surface area contributed by atoms with Crippen LogP contribution in [0.4, 0.5) is 0 Å². The molecule has 54 valence electrons. The van der Waals surface area contributed by atoms with Crippen LogP contribution in [0.2, 0.25) is 0 Å². The molecule has 0 aliphatic carbocycles. The Bertz CT molecular complexity index is 265. The van der Waals surface area contributed by atoms with E-state index >= 15 is 0 Å². The molecule has 0 unspecified atom stereocenters. The van der Waals surface area contributed by atoms with Crippen molar-refractivity contribution in [3.63, 3.8) is 0 Å². The summed E-state index contributed by atoms with van der Waals surface area (Å²) in [5.74, 6) is 0. The van der Waals surface area contributed by atoms with Crippen LogP contribution in [-0.2, 0) is 7.05 Å². The van der Waals surface area contributed by atoms with E-state index < -0.39 is 5.24 Å². The second kappa shape index (κ2) is 2.46. The lowest BCUT2D eigenvalue weighted by atomic mass is 10.3. The quantitative estimate of drug-likeness (QED) is 0.569. The third-order valence-corrected chi connectivity index (χ3v) is 1.80. The van der Waals surface area contributed by atoms with Crippen LogP contribution >= 0.6 is 11.6 Å². The number of hydrogen-bond acceptors (Lipinski definition) is 1. The molecule has 10 heavy (non-hydrogen) atoms. The van der Waals surface area contributed by atoms with Crippen LogP contribution in [0.1, 0.15) is 16.1 Å². The standard InChI is InChI=1S/C7H8ClNO/c1-5-6(7(8)10)3-4-9(5)2/h3-4H,1-2H3. The van der Waals surface area contributed by atoms with Gasteiger partial charge in [-0.15, -0.1) is 0 Å². The van der Waals surface area contributed by atoms with Crippen molar-refractivity contribution in [3.8, 4) is 0 Å². The third kappa shape index (κ3) is 1.07. The summed E-state index contributed by atoms with van der Waals surface area (Å²) in [5.41, 5.74) is 1.49. The summed E-state index contributed by atoms with van der Waals surface area (Å²) in [4.78, 5) is 10.6. The van der Waals surface area contributed by atoms with Crippen molar-refractivity contribution < 1.29 is 4.79 Å². The molecule has 0 radical (unpaired) electrons. The SMILES string of the molecule is Cc1c(C(=O)Cl)ccn1C. The highest BCUT2D eigenvalue weighted by molar-refractivity contribution is 6.67. The molecule has 0 saturated carbocycles. The minimum Gasteiger partial charge on any atom is -0.354 e. The molecule has 1 aromatic heterocycles. The highest BCUT2D eigenvalue weighted by Gasteiger charge is 2.06. The molecule has 0 saturated heterocycles. The highest BCUT2D eigenvalue weighted by atomic mass is 35.5. The number of aryl methyl sites for hydroxylation is 1. The molecule has 0 bridgehead atoms. The van der Waals surface area contributed by atoms with E-state index in [1.807, 2.05) is 24.7 Å². The highest BCUT2D eigenvalue weighted by Crippen LogP contribution is 2.10. The number of rotatable bonds is 1. The number of halogens is 1. The predicted octanol–water partition coefficient (Wildman–Crippen LogP) is 1.71. The zero-order chi connectivity index (χ0) is 7.72. The summed E-state index contributed by atoms with van der Waals surface area (Å²) in [5, 5.41) is -0.391. The van der Waals surface area contributed by atoms with Crippen LogP contribution in [0.5, 0.6) is 0 Å². The minimum atomic E-state index is -0.391. The Labute approximate surface area is 64.4 Å². The Morgan fingerprint density at radius 1 is 1.70 bits per heavy atom. The second-order valence-corrected chi connectivity index (χ2v) is 2.54. The Hall–Kier alpha value is -0.760. The van der Waals surface area contributed by atoms with Crippen LogP contribution in [0.25, 0.3) is 0 Å². The summed E-state index contributed by atoms with van der Waals surface area (Å²) in [6.07, 6.45) is 1.81. The zero-order valence-electron chi connectivity index (χ0n) is 5.89. The summed E-state index contributed by atoms with van der Waals surface area (Å²) < 4.78 is 1.86. The van der Waals surface area contributed by atoms with E-state index in [0.29, 0.717) is 5.56 Å². The first-order chi connectivity index (χ1) is 4.63. The lowest BCUT2D eigenvalue weighted by molar-refractivity contribution is 0.108. The van der Waals surface area contributed by atoms with Gasteiger partial charge in [0.1, 0.15) is 0 Å². The molecule has 0 aliphatic heterocycles. The van der Waals surface area contributed by atoms with E-state index in [4.69, 9.17) is 11.6 Å². The van der Waals surface area contributed by atoms with Crippen LogP contribution in [0.15, 0.2) is 12.3 Å². The van der Waals surface area contributed by atoms with Gasteiger partial charge in [0.15, 0.2) is 0 Å². The van der Waals surface area contributed by atoms with Crippen molar-refractivity contribution in [1.82, 2.24) is 4.57 Å². The Morgan fingerprint density at radius 3 is 2.50 bits per heavy atom. The van der Waals surface area contributed by atoms with E-state index in [-0.39, 0.29) is 0 Å². The molecule has 1 rings (SSSR count). The van der Waals surface area contributed by atoms with Gasteiger partial charge < -0.3 is 4.57 Å². The monoisotopic (exact) mass is 157 g/mol. The van der Waals surface area contributed by atoms with Gasteiger partial charge in [0, 0.05) is 18.9 Å². The average Bonchev–Trinajstić information content (AvgIpc) is 2.14. The van der Waals surface area contributed by atoms with E-state index in [0.717, 1.165) is 5.69 Å². The molecule has 0 atom stereocenters. The van der Waals surface area contributed by atoms with Crippen LogP contribution < -0.4 is 0 Å². The summed E-state index contributed by atoms with van der Waals surface area (Å²) in [6.45, 7) is 1.86. The summed E-state index contributed by atoms with van der Waals surface area (Å²) in [6, 6.07) is 1.71. The maximum atomic E-state index is 10.6. The van der Waals surface area contributed by atoms with Crippen LogP contribution in [-0.4, -0.2) is 9.81 Å². The average molecular weight is 158 g/mol. The number of carbonyl (C=O) groups is 1. The molecule has 3 heteroatoms. The third-order valence-electron chi connectivity index (χ3n) is 1.60. The molecular weight excluding hydrogens is 150 g/mol. The number of hydrogen-bond donors (Lipinski definition) is 0. The molecule has 1 heterocycles. The molecule has 0 aromatic carbocycles. The molecule has 0 N–H and O–H groups in total. The topological polar surface area (TPSA) is 22.0 Å². The van der Waals surface area contributed by atoms with Crippen molar-refractivity contribution in [3.05, 3.63) is 23.5 Å². The van der Waals surface area contributed by atoms with E-state index in [1.54, 1.807) is 6.07 Å². The maximum absolute atomic E-state index is 10.6. The first-order valence-electron chi connectivity index (χ1n) is 2.94. The summed E-state index contributed by atoms with van der Waals surface area (Å²) in [7, 11) is 1.87. The molecule has 0 spiro atoms.